The summed E-state index contributed by atoms with van der Waals surface area (Å²) in [5.74, 6) is -1.57. The number of aliphatic imine (C=N–C) groups is 1. The summed E-state index contributed by atoms with van der Waals surface area (Å²) < 4.78 is 29.0. The van der Waals surface area contributed by atoms with E-state index < -0.39 is 17.3 Å². The second kappa shape index (κ2) is 7.65. The molecule has 0 aliphatic carbocycles. The number of Topliss-reactive ketones (excluding diaryl/α,β-unsaturated/α-hetero) is 1. The minimum Gasteiger partial charge on any atom is -0.383 e. The van der Waals surface area contributed by atoms with Crippen molar-refractivity contribution in [3.63, 3.8) is 0 Å². The first-order valence-corrected chi connectivity index (χ1v) is 9.35. The van der Waals surface area contributed by atoms with Gasteiger partial charge in [0.2, 0.25) is 5.95 Å². The van der Waals surface area contributed by atoms with E-state index in [-0.39, 0.29) is 41.3 Å². The Labute approximate surface area is 176 Å². The van der Waals surface area contributed by atoms with Gasteiger partial charge in [-0.2, -0.15) is 14.8 Å². The van der Waals surface area contributed by atoms with Crippen molar-refractivity contribution in [1.82, 2.24) is 15.2 Å². The number of nitrogens with two attached hydrogens (primary N) is 1. The molecule has 2 N–H and O–H groups in total. The first-order valence-electron chi connectivity index (χ1n) is 9.35. The summed E-state index contributed by atoms with van der Waals surface area (Å²) in [5.41, 5.74) is 6.65. The lowest BCUT2D eigenvalue weighted by Crippen LogP contribution is -2.35. The van der Waals surface area contributed by atoms with Gasteiger partial charge in [0.1, 0.15) is 23.4 Å². The minimum atomic E-state index is -1.18. The van der Waals surface area contributed by atoms with Crippen LogP contribution in [-0.2, 0) is 18.4 Å². The van der Waals surface area contributed by atoms with Crippen LogP contribution in [0.15, 0.2) is 47.7 Å². The van der Waals surface area contributed by atoms with E-state index in [1.165, 1.54) is 42.7 Å². The van der Waals surface area contributed by atoms with E-state index >= 15 is 0 Å². The number of rotatable bonds is 4. The molecule has 0 spiro atoms. The SMILES string of the molecule is CC1(c2cc(CC(=O)c3ccc(C#N)cn3)ccc2F)Cc2c(cnnc2F)C(N)=N1. The minimum absolute atomic E-state index is 0.0299. The van der Waals surface area contributed by atoms with E-state index in [1.807, 2.05) is 6.07 Å². The van der Waals surface area contributed by atoms with E-state index in [0.29, 0.717) is 16.7 Å². The van der Waals surface area contributed by atoms with Gasteiger partial charge in [-0.05, 0) is 36.8 Å². The van der Waals surface area contributed by atoms with Crippen LogP contribution in [0.4, 0.5) is 8.78 Å². The number of pyridine rings is 1. The van der Waals surface area contributed by atoms with Crippen LogP contribution >= 0.6 is 0 Å². The quantitative estimate of drug-likeness (QED) is 0.651. The summed E-state index contributed by atoms with van der Waals surface area (Å²) in [6.07, 6.45) is 2.65. The average molecular weight is 418 g/mol. The molecule has 0 saturated carbocycles. The predicted molar refractivity (Wildman–Crippen MR) is 107 cm³/mol. The summed E-state index contributed by atoms with van der Waals surface area (Å²) >= 11 is 0. The van der Waals surface area contributed by atoms with E-state index in [0.717, 1.165) is 0 Å². The van der Waals surface area contributed by atoms with Crippen molar-refractivity contribution in [2.75, 3.05) is 0 Å². The lowest BCUT2D eigenvalue weighted by molar-refractivity contribution is 0.0988. The third kappa shape index (κ3) is 3.75. The number of halogens is 2. The van der Waals surface area contributed by atoms with Crippen LogP contribution in [0.25, 0.3) is 0 Å². The molecule has 0 amide bonds. The largest absolute Gasteiger partial charge is 0.383 e. The van der Waals surface area contributed by atoms with Gasteiger partial charge in [0.05, 0.1) is 17.3 Å². The van der Waals surface area contributed by atoms with Crippen molar-refractivity contribution >= 4 is 11.6 Å². The molecule has 1 atom stereocenters. The zero-order chi connectivity index (χ0) is 22.2. The molecule has 0 fully saturated rings. The van der Waals surface area contributed by atoms with E-state index in [1.54, 1.807) is 6.92 Å². The number of amidine groups is 1. The van der Waals surface area contributed by atoms with Gasteiger partial charge in [-0.1, -0.05) is 6.07 Å². The van der Waals surface area contributed by atoms with E-state index in [9.17, 15) is 13.6 Å². The van der Waals surface area contributed by atoms with Crippen LogP contribution in [-0.4, -0.2) is 26.8 Å². The third-order valence-electron chi connectivity index (χ3n) is 5.22. The van der Waals surface area contributed by atoms with Crippen LogP contribution in [0.2, 0.25) is 0 Å². The van der Waals surface area contributed by atoms with Crippen LogP contribution in [0.3, 0.4) is 0 Å². The molecule has 7 nitrogen and oxygen atoms in total. The Bertz CT molecular complexity index is 1270. The van der Waals surface area contributed by atoms with Gasteiger partial charge in [0, 0.05) is 35.7 Å². The van der Waals surface area contributed by atoms with Gasteiger partial charge in [0.25, 0.3) is 0 Å². The summed E-state index contributed by atoms with van der Waals surface area (Å²) in [6.45, 7) is 1.65. The molecule has 1 unspecified atom stereocenters. The van der Waals surface area contributed by atoms with Crippen molar-refractivity contribution in [1.29, 1.82) is 5.26 Å². The van der Waals surface area contributed by atoms with Crippen LogP contribution < -0.4 is 5.73 Å². The molecular weight excluding hydrogens is 402 g/mol. The smallest absolute Gasteiger partial charge is 0.237 e. The second-order valence-electron chi connectivity index (χ2n) is 7.43. The van der Waals surface area contributed by atoms with Crippen LogP contribution in [0.5, 0.6) is 0 Å². The Kier molecular flexibility index (Phi) is 4.99. The summed E-state index contributed by atoms with van der Waals surface area (Å²) in [7, 11) is 0. The maximum absolute atomic E-state index is 14.8. The average Bonchev–Trinajstić information content (AvgIpc) is 2.76. The molecule has 0 radical (unpaired) electrons. The first-order chi connectivity index (χ1) is 14.8. The fourth-order valence-electron chi connectivity index (χ4n) is 3.64. The number of carbonyl (C=O) groups is 1. The monoisotopic (exact) mass is 418 g/mol. The number of nitriles is 1. The molecule has 3 heterocycles. The zero-order valence-electron chi connectivity index (χ0n) is 16.4. The van der Waals surface area contributed by atoms with Gasteiger partial charge in [-0.3, -0.25) is 14.8 Å². The molecular formula is C22H16F2N6O. The standard InChI is InChI=1S/C22H16F2N6O/c1-22(8-14-15(21(26)29-22)11-28-30-20(14)24)16-6-12(2-4-17(16)23)7-19(31)18-5-3-13(9-25)10-27-18/h2-6,10-11H,7-8H2,1H3,(H2,26,29). The Balaban J connectivity index is 1.67. The highest BCUT2D eigenvalue weighted by atomic mass is 19.1. The summed E-state index contributed by atoms with van der Waals surface area (Å²) in [5, 5.41) is 15.8. The number of aromatic nitrogens is 3. The molecule has 0 bridgehead atoms. The molecule has 4 rings (SSSR count). The maximum atomic E-state index is 14.8. The summed E-state index contributed by atoms with van der Waals surface area (Å²) in [6, 6.07) is 9.20. The molecule has 154 valence electrons. The number of hydrogen-bond donors (Lipinski definition) is 1. The van der Waals surface area contributed by atoms with Crippen molar-refractivity contribution in [2.45, 2.75) is 25.3 Å². The van der Waals surface area contributed by atoms with Gasteiger partial charge in [-0.25, -0.2) is 4.39 Å². The fraction of sp³-hybridized carbons (Fsp3) is 0.182. The normalized spacial score (nSPS) is 17.4. The van der Waals surface area contributed by atoms with E-state index in [2.05, 4.69) is 20.2 Å². The lowest BCUT2D eigenvalue weighted by Gasteiger charge is -2.31. The van der Waals surface area contributed by atoms with E-state index in [4.69, 9.17) is 11.0 Å². The molecule has 9 heteroatoms. The number of hydrogen-bond acceptors (Lipinski definition) is 7. The topological polar surface area (TPSA) is 118 Å². The molecule has 0 saturated heterocycles. The zero-order valence-corrected chi connectivity index (χ0v) is 16.4. The fourth-order valence-corrected chi connectivity index (χ4v) is 3.64. The van der Waals surface area contributed by atoms with Crippen molar-refractivity contribution in [2.24, 2.45) is 10.7 Å². The number of benzene rings is 1. The van der Waals surface area contributed by atoms with Crippen LogP contribution in [0.1, 0.15) is 45.2 Å². The molecule has 1 aromatic carbocycles. The Morgan fingerprint density at radius 2 is 2.06 bits per heavy atom. The van der Waals surface area contributed by atoms with Gasteiger partial charge < -0.3 is 5.73 Å². The molecule has 2 aromatic heterocycles. The van der Waals surface area contributed by atoms with Crippen molar-refractivity contribution in [3.8, 4) is 6.07 Å². The highest BCUT2D eigenvalue weighted by molar-refractivity contribution is 5.99. The predicted octanol–water partition coefficient (Wildman–Crippen LogP) is 2.62. The van der Waals surface area contributed by atoms with Crippen molar-refractivity contribution in [3.05, 3.63) is 88.0 Å². The summed E-state index contributed by atoms with van der Waals surface area (Å²) in [4.78, 5) is 21.0. The van der Waals surface area contributed by atoms with Gasteiger partial charge >= 0.3 is 0 Å². The molecule has 1 aliphatic heterocycles. The number of carbonyl (C=O) groups excluding carboxylic acids is 1. The van der Waals surface area contributed by atoms with Crippen LogP contribution in [0, 0.1) is 23.1 Å². The Morgan fingerprint density at radius 3 is 2.77 bits per heavy atom. The number of ketones is 1. The highest BCUT2D eigenvalue weighted by Crippen LogP contribution is 2.37. The first kappa shape index (κ1) is 20.2. The second-order valence-corrected chi connectivity index (χ2v) is 7.43. The molecule has 31 heavy (non-hydrogen) atoms. The van der Waals surface area contributed by atoms with Crippen molar-refractivity contribution < 1.29 is 13.6 Å². The third-order valence-corrected chi connectivity index (χ3v) is 5.22. The number of fused-ring (bicyclic) bond motifs is 1. The molecule has 1 aliphatic rings. The molecule has 3 aromatic rings. The Hall–Kier alpha value is -4.06. The highest BCUT2D eigenvalue weighted by Gasteiger charge is 2.36. The lowest BCUT2D eigenvalue weighted by atomic mass is 9.81. The van der Waals surface area contributed by atoms with Gasteiger partial charge in [-0.15, -0.1) is 5.10 Å². The van der Waals surface area contributed by atoms with Gasteiger partial charge in [0.15, 0.2) is 5.78 Å². The maximum Gasteiger partial charge on any atom is 0.237 e. The number of nitrogens with zero attached hydrogens (tertiary/aromatic N) is 5. The Morgan fingerprint density at radius 1 is 1.26 bits per heavy atom.